The Balaban J connectivity index is 1.45. The van der Waals surface area contributed by atoms with Crippen LogP contribution in [-0.4, -0.2) is 45.8 Å². The molecule has 4 rings (SSSR count). The molecule has 35 heavy (non-hydrogen) atoms. The summed E-state index contributed by atoms with van der Waals surface area (Å²) in [4.78, 5) is 39.1. The van der Waals surface area contributed by atoms with Gasteiger partial charge in [0.2, 0.25) is 5.91 Å². The van der Waals surface area contributed by atoms with Gasteiger partial charge in [0, 0.05) is 18.0 Å². The monoisotopic (exact) mass is 480 g/mol. The van der Waals surface area contributed by atoms with E-state index in [1.807, 2.05) is 30.3 Å². The molecule has 1 atom stereocenters. The number of cyclic esters (lactones) is 1. The number of nitrogens with zero attached hydrogens (tertiary/aromatic N) is 2. The van der Waals surface area contributed by atoms with E-state index in [2.05, 4.69) is 0 Å². The molecule has 1 saturated heterocycles. The van der Waals surface area contributed by atoms with Gasteiger partial charge in [0.15, 0.2) is 0 Å². The fourth-order valence-corrected chi connectivity index (χ4v) is 4.28. The fraction of sp³-hybridized carbons (Fsp3) is 0.370. The van der Waals surface area contributed by atoms with Crippen LogP contribution in [0.2, 0.25) is 0 Å². The number of benzene rings is 2. The average molecular weight is 481 g/mol. The summed E-state index contributed by atoms with van der Waals surface area (Å²) in [6.07, 6.45) is 1.94. The largest absolute Gasteiger partial charge is 0.447 e. The smallest absolute Gasteiger partial charge is 0.419 e. The van der Waals surface area contributed by atoms with E-state index in [0.29, 0.717) is 30.2 Å². The first-order valence-corrected chi connectivity index (χ1v) is 11.7. The summed E-state index contributed by atoms with van der Waals surface area (Å²) in [5, 5.41) is 0.589. The Labute approximate surface area is 203 Å². The molecule has 8 heteroatoms. The average Bonchev–Trinajstić information content (AvgIpc) is 3.33. The van der Waals surface area contributed by atoms with Crippen molar-refractivity contribution < 1.29 is 28.2 Å². The molecule has 0 radical (unpaired) electrons. The van der Waals surface area contributed by atoms with Crippen molar-refractivity contribution >= 4 is 29.0 Å². The van der Waals surface area contributed by atoms with Gasteiger partial charge in [-0.1, -0.05) is 30.3 Å². The predicted octanol–water partition coefficient (Wildman–Crippen LogP) is 5.48. The normalized spacial score (nSPS) is 15.9. The Kier molecular flexibility index (Phi) is 6.91. The van der Waals surface area contributed by atoms with Crippen LogP contribution in [0, 0.1) is 5.82 Å². The maximum atomic E-state index is 14.0. The van der Waals surface area contributed by atoms with Crippen molar-refractivity contribution in [1.29, 1.82) is 0 Å². The number of imide groups is 1. The zero-order valence-electron chi connectivity index (χ0n) is 20.1. The van der Waals surface area contributed by atoms with Crippen molar-refractivity contribution in [2.45, 2.75) is 58.1 Å². The Bertz CT molecular complexity index is 1250. The van der Waals surface area contributed by atoms with Gasteiger partial charge in [-0.25, -0.2) is 18.9 Å². The van der Waals surface area contributed by atoms with Crippen LogP contribution in [0.15, 0.2) is 54.7 Å². The van der Waals surface area contributed by atoms with Crippen molar-refractivity contribution in [2.75, 3.05) is 6.61 Å². The van der Waals surface area contributed by atoms with Crippen molar-refractivity contribution in [3.05, 3.63) is 71.7 Å². The third-order valence-corrected chi connectivity index (χ3v) is 5.82. The van der Waals surface area contributed by atoms with E-state index in [0.717, 1.165) is 11.1 Å². The Morgan fingerprint density at radius 1 is 1.14 bits per heavy atom. The lowest BCUT2D eigenvalue weighted by Gasteiger charge is -2.19. The summed E-state index contributed by atoms with van der Waals surface area (Å²) in [5.74, 6) is -0.726. The zero-order valence-corrected chi connectivity index (χ0v) is 20.1. The Morgan fingerprint density at radius 3 is 2.60 bits per heavy atom. The molecular formula is C27H29FN2O5. The predicted molar refractivity (Wildman–Crippen MR) is 129 cm³/mol. The van der Waals surface area contributed by atoms with Crippen LogP contribution in [0.25, 0.3) is 10.9 Å². The number of hydrogen-bond acceptors (Lipinski definition) is 5. The summed E-state index contributed by atoms with van der Waals surface area (Å²) in [7, 11) is 0. The molecule has 0 N–H and O–H groups in total. The number of rotatable bonds is 6. The number of ether oxygens (including phenoxy) is 2. The molecule has 3 aromatic rings. The second-order valence-corrected chi connectivity index (χ2v) is 9.70. The van der Waals surface area contributed by atoms with E-state index >= 15 is 0 Å². The van der Waals surface area contributed by atoms with E-state index < -0.39 is 23.6 Å². The molecule has 184 valence electrons. The second kappa shape index (κ2) is 9.90. The van der Waals surface area contributed by atoms with Crippen LogP contribution >= 0.6 is 0 Å². The summed E-state index contributed by atoms with van der Waals surface area (Å²) >= 11 is 0. The number of fused-ring (bicyclic) bond motifs is 1. The van der Waals surface area contributed by atoms with E-state index in [1.54, 1.807) is 27.0 Å². The number of aromatic nitrogens is 1. The Morgan fingerprint density at radius 2 is 1.89 bits per heavy atom. The van der Waals surface area contributed by atoms with Gasteiger partial charge in [-0.2, -0.15) is 0 Å². The van der Waals surface area contributed by atoms with Gasteiger partial charge < -0.3 is 9.47 Å². The van der Waals surface area contributed by atoms with E-state index in [4.69, 9.17) is 9.47 Å². The molecule has 2 heterocycles. The molecule has 0 bridgehead atoms. The fourth-order valence-electron chi connectivity index (χ4n) is 4.28. The number of halogens is 1. The van der Waals surface area contributed by atoms with Crippen LogP contribution < -0.4 is 0 Å². The molecule has 7 nitrogen and oxygen atoms in total. The minimum absolute atomic E-state index is 0.120. The first-order chi connectivity index (χ1) is 16.6. The number of amides is 2. The first kappa shape index (κ1) is 24.4. The van der Waals surface area contributed by atoms with Crippen molar-refractivity contribution in [1.82, 2.24) is 9.47 Å². The SMILES string of the molecule is CC(C)(C)OC(=O)n1cc(CCCC(=O)N2C(=O)OC[C@H]2Cc2ccccc2)c2cc(F)ccc21. The molecule has 2 aromatic carbocycles. The highest BCUT2D eigenvalue weighted by Gasteiger charge is 2.37. The van der Waals surface area contributed by atoms with E-state index in [-0.39, 0.29) is 25.0 Å². The standard InChI is InChI=1S/C27H29FN2O5/c1-27(2,3)35-25(32)29-16-19(22-15-20(28)12-13-23(22)29)10-7-11-24(31)30-21(17-34-26(30)33)14-18-8-5-4-6-9-18/h4-6,8-9,12-13,15-16,21H,7,10-11,14,17H2,1-3H3/t21-/m1/s1. The maximum absolute atomic E-state index is 14.0. The molecule has 2 amide bonds. The second-order valence-electron chi connectivity index (χ2n) is 9.70. The topological polar surface area (TPSA) is 77.8 Å². The molecular weight excluding hydrogens is 451 g/mol. The van der Waals surface area contributed by atoms with Crippen LogP contribution in [-0.2, 0) is 27.1 Å². The third kappa shape index (κ3) is 5.70. The van der Waals surface area contributed by atoms with Gasteiger partial charge in [-0.15, -0.1) is 0 Å². The van der Waals surface area contributed by atoms with Crippen LogP contribution in [0.3, 0.4) is 0 Å². The van der Waals surface area contributed by atoms with Gasteiger partial charge in [0.05, 0.1) is 11.6 Å². The highest BCUT2D eigenvalue weighted by atomic mass is 19.1. The van der Waals surface area contributed by atoms with Gasteiger partial charge in [-0.05, 0) is 69.4 Å². The van der Waals surface area contributed by atoms with Crippen molar-refractivity contribution in [3.8, 4) is 0 Å². The van der Waals surface area contributed by atoms with Crippen LogP contribution in [0.5, 0.6) is 0 Å². The molecule has 0 saturated carbocycles. The molecule has 0 aliphatic carbocycles. The highest BCUT2D eigenvalue weighted by Crippen LogP contribution is 2.26. The van der Waals surface area contributed by atoms with Crippen LogP contribution in [0.1, 0.15) is 44.7 Å². The molecule has 0 spiro atoms. The van der Waals surface area contributed by atoms with Gasteiger partial charge in [0.25, 0.3) is 0 Å². The summed E-state index contributed by atoms with van der Waals surface area (Å²) in [6, 6.07) is 13.5. The summed E-state index contributed by atoms with van der Waals surface area (Å²) in [5.41, 5.74) is 1.60. The van der Waals surface area contributed by atoms with Gasteiger partial charge >= 0.3 is 12.2 Å². The summed E-state index contributed by atoms with van der Waals surface area (Å²) < 4.78 is 26.0. The number of aryl methyl sites for hydroxylation is 1. The number of carbonyl (C=O) groups is 3. The minimum Gasteiger partial charge on any atom is -0.447 e. The number of carbonyl (C=O) groups excluding carboxylic acids is 3. The zero-order chi connectivity index (χ0) is 25.2. The lowest BCUT2D eigenvalue weighted by Crippen LogP contribution is -2.40. The molecule has 1 aromatic heterocycles. The van der Waals surface area contributed by atoms with E-state index in [9.17, 15) is 18.8 Å². The van der Waals surface area contributed by atoms with Gasteiger partial charge in [0.1, 0.15) is 18.0 Å². The van der Waals surface area contributed by atoms with E-state index in [1.165, 1.54) is 27.7 Å². The number of hydrogen-bond donors (Lipinski definition) is 0. The Hall–Kier alpha value is -3.68. The molecule has 1 aliphatic rings. The molecule has 1 fully saturated rings. The lowest BCUT2D eigenvalue weighted by atomic mass is 10.0. The van der Waals surface area contributed by atoms with Gasteiger partial charge in [-0.3, -0.25) is 9.36 Å². The maximum Gasteiger partial charge on any atom is 0.419 e. The lowest BCUT2D eigenvalue weighted by molar-refractivity contribution is -0.129. The minimum atomic E-state index is -0.680. The molecule has 0 unspecified atom stereocenters. The quantitative estimate of drug-likeness (QED) is 0.467. The summed E-state index contributed by atoms with van der Waals surface area (Å²) in [6.45, 7) is 5.49. The molecule has 1 aliphatic heterocycles. The van der Waals surface area contributed by atoms with Crippen LogP contribution in [0.4, 0.5) is 14.0 Å². The highest BCUT2D eigenvalue weighted by molar-refractivity contribution is 5.94. The first-order valence-electron chi connectivity index (χ1n) is 11.7. The third-order valence-electron chi connectivity index (χ3n) is 5.82. The van der Waals surface area contributed by atoms with Crippen molar-refractivity contribution in [2.24, 2.45) is 0 Å². The van der Waals surface area contributed by atoms with Crippen molar-refractivity contribution in [3.63, 3.8) is 0 Å².